The van der Waals surface area contributed by atoms with Gasteiger partial charge < -0.3 is 10.2 Å². The Morgan fingerprint density at radius 3 is 1.17 bits per heavy atom. The molecule has 3 aromatic rings. The standard InChI is InChI=1S/C20H14O4/c21-19(22)15-9-5-13(6-10-15)17-3-1-2-4-18(17)14-7-11-16(12-8-14)20(23)24/h1-12H,(H,21,22)(H,23,24). The molecule has 118 valence electrons. The molecule has 3 aromatic carbocycles. The molecule has 0 aromatic heterocycles. The Morgan fingerprint density at radius 1 is 0.542 bits per heavy atom. The Balaban J connectivity index is 2.04. The molecule has 2 N–H and O–H groups in total. The smallest absolute Gasteiger partial charge is 0.335 e. The fourth-order valence-corrected chi connectivity index (χ4v) is 2.57. The van der Waals surface area contributed by atoms with Crippen LogP contribution in [0.1, 0.15) is 20.7 Å². The summed E-state index contributed by atoms with van der Waals surface area (Å²) in [4.78, 5) is 22.0. The first-order valence-electron chi connectivity index (χ1n) is 7.33. The highest BCUT2D eigenvalue weighted by molar-refractivity contribution is 5.91. The van der Waals surface area contributed by atoms with Gasteiger partial charge in [0.25, 0.3) is 0 Å². The van der Waals surface area contributed by atoms with Crippen LogP contribution >= 0.6 is 0 Å². The van der Waals surface area contributed by atoms with Gasteiger partial charge in [-0.3, -0.25) is 0 Å². The van der Waals surface area contributed by atoms with Gasteiger partial charge in [-0.15, -0.1) is 0 Å². The minimum atomic E-state index is -0.959. The molecule has 3 rings (SSSR count). The van der Waals surface area contributed by atoms with Crippen molar-refractivity contribution in [3.8, 4) is 22.3 Å². The van der Waals surface area contributed by atoms with Gasteiger partial charge in [-0.1, -0.05) is 48.5 Å². The first-order valence-corrected chi connectivity index (χ1v) is 7.33. The Morgan fingerprint density at radius 2 is 0.875 bits per heavy atom. The monoisotopic (exact) mass is 318 g/mol. The van der Waals surface area contributed by atoms with Crippen LogP contribution in [-0.4, -0.2) is 22.2 Å². The summed E-state index contributed by atoms with van der Waals surface area (Å²) in [5, 5.41) is 18.0. The summed E-state index contributed by atoms with van der Waals surface area (Å²) in [7, 11) is 0. The summed E-state index contributed by atoms with van der Waals surface area (Å²) in [5.74, 6) is -1.92. The average Bonchev–Trinajstić information content (AvgIpc) is 2.62. The summed E-state index contributed by atoms with van der Waals surface area (Å²) in [5.41, 5.74) is 4.19. The average molecular weight is 318 g/mol. The van der Waals surface area contributed by atoms with E-state index in [0.29, 0.717) is 0 Å². The quantitative estimate of drug-likeness (QED) is 0.747. The molecule has 0 aliphatic heterocycles. The van der Waals surface area contributed by atoms with Crippen molar-refractivity contribution >= 4 is 11.9 Å². The molecule has 0 bridgehead atoms. The predicted molar refractivity (Wildman–Crippen MR) is 91.2 cm³/mol. The first-order chi connectivity index (χ1) is 11.6. The largest absolute Gasteiger partial charge is 0.478 e. The molecule has 0 saturated heterocycles. The number of benzene rings is 3. The molecule has 0 atom stereocenters. The van der Waals surface area contributed by atoms with Crippen LogP contribution in [0.2, 0.25) is 0 Å². The van der Waals surface area contributed by atoms with Gasteiger partial charge in [0.15, 0.2) is 0 Å². The van der Waals surface area contributed by atoms with Crippen molar-refractivity contribution in [1.82, 2.24) is 0 Å². The van der Waals surface area contributed by atoms with Crippen LogP contribution in [0, 0.1) is 0 Å². The number of carbonyl (C=O) groups is 2. The zero-order valence-electron chi connectivity index (χ0n) is 12.6. The molecule has 0 unspecified atom stereocenters. The minimum Gasteiger partial charge on any atom is -0.478 e. The molecule has 0 amide bonds. The fourth-order valence-electron chi connectivity index (χ4n) is 2.57. The van der Waals surface area contributed by atoms with E-state index in [9.17, 15) is 9.59 Å². The van der Waals surface area contributed by atoms with Crippen molar-refractivity contribution in [3.05, 3.63) is 83.9 Å². The van der Waals surface area contributed by atoms with E-state index in [1.165, 1.54) is 0 Å². The lowest BCUT2D eigenvalue weighted by Crippen LogP contribution is -1.96. The van der Waals surface area contributed by atoms with Crippen molar-refractivity contribution in [1.29, 1.82) is 0 Å². The van der Waals surface area contributed by atoms with Crippen molar-refractivity contribution < 1.29 is 19.8 Å². The van der Waals surface area contributed by atoms with Gasteiger partial charge in [-0.25, -0.2) is 9.59 Å². The predicted octanol–water partition coefficient (Wildman–Crippen LogP) is 4.42. The van der Waals surface area contributed by atoms with E-state index >= 15 is 0 Å². The number of aromatic carboxylic acids is 2. The lowest BCUT2D eigenvalue weighted by molar-refractivity contribution is 0.0686. The Hall–Kier alpha value is -3.40. The van der Waals surface area contributed by atoms with E-state index in [-0.39, 0.29) is 11.1 Å². The van der Waals surface area contributed by atoms with Gasteiger partial charge in [0.2, 0.25) is 0 Å². The van der Waals surface area contributed by atoms with Crippen LogP contribution in [-0.2, 0) is 0 Å². The van der Waals surface area contributed by atoms with Crippen molar-refractivity contribution in [2.45, 2.75) is 0 Å². The topological polar surface area (TPSA) is 74.6 Å². The van der Waals surface area contributed by atoms with Gasteiger partial charge in [-0.05, 0) is 46.5 Å². The van der Waals surface area contributed by atoms with Crippen LogP contribution in [0.3, 0.4) is 0 Å². The Bertz CT molecular complexity index is 817. The molecule has 0 radical (unpaired) electrons. The van der Waals surface area contributed by atoms with E-state index in [2.05, 4.69) is 0 Å². The normalized spacial score (nSPS) is 10.3. The zero-order chi connectivity index (χ0) is 17.1. The van der Waals surface area contributed by atoms with Gasteiger partial charge in [0.05, 0.1) is 11.1 Å². The molecule has 4 nitrogen and oxygen atoms in total. The molecule has 4 heteroatoms. The number of hydrogen-bond donors (Lipinski definition) is 2. The van der Waals surface area contributed by atoms with Crippen LogP contribution in [0.4, 0.5) is 0 Å². The summed E-state index contributed by atoms with van der Waals surface area (Å²) in [6.07, 6.45) is 0. The van der Waals surface area contributed by atoms with E-state index in [1.807, 2.05) is 24.3 Å². The van der Waals surface area contributed by atoms with Gasteiger partial charge in [-0.2, -0.15) is 0 Å². The van der Waals surface area contributed by atoms with E-state index in [4.69, 9.17) is 10.2 Å². The summed E-state index contributed by atoms with van der Waals surface area (Å²) in [6.45, 7) is 0. The minimum absolute atomic E-state index is 0.238. The zero-order valence-corrected chi connectivity index (χ0v) is 12.6. The third-order valence-corrected chi connectivity index (χ3v) is 3.81. The van der Waals surface area contributed by atoms with E-state index < -0.39 is 11.9 Å². The van der Waals surface area contributed by atoms with Crippen molar-refractivity contribution in [3.63, 3.8) is 0 Å². The van der Waals surface area contributed by atoms with Crippen molar-refractivity contribution in [2.24, 2.45) is 0 Å². The maximum absolute atomic E-state index is 11.0. The van der Waals surface area contributed by atoms with Crippen LogP contribution in [0.25, 0.3) is 22.3 Å². The highest BCUT2D eigenvalue weighted by Gasteiger charge is 2.09. The molecule has 0 heterocycles. The summed E-state index contributed by atoms with van der Waals surface area (Å²) in [6, 6.07) is 21.1. The Labute approximate surface area is 138 Å². The second-order valence-corrected chi connectivity index (χ2v) is 5.31. The number of hydrogen-bond acceptors (Lipinski definition) is 2. The lowest BCUT2D eigenvalue weighted by atomic mass is 9.93. The number of carboxylic acids is 2. The highest BCUT2D eigenvalue weighted by atomic mass is 16.4. The molecule has 0 aliphatic rings. The van der Waals surface area contributed by atoms with Crippen LogP contribution in [0.5, 0.6) is 0 Å². The van der Waals surface area contributed by atoms with E-state index in [1.54, 1.807) is 48.5 Å². The van der Waals surface area contributed by atoms with Crippen LogP contribution in [0.15, 0.2) is 72.8 Å². The van der Waals surface area contributed by atoms with Gasteiger partial charge >= 0.3 is 11.9 Å². The fraction of sp³-hybridized carbons (Fsp3) is 0. The number of carboxylic acid groups (broad SMARTS) is 2. The van der Waals surface area contributed by atoms with E-state index in [0.717, 1.165) is 22.3 Å². The highest BCUT2D eigenvalue weighted by Crippen LogP contribution is 2.32. The molecule has 0 aliphatic carbocycles. The molecule has 0 spiro atoms. The molecular formula is C20H14O4. The third-order valence-electron chi connectivity index (χ3n) is 3.81. The number of rotatable bonds is 4. The van der Waals surface area contributed by atoms with Crippen molar-refractivity contribution in [2.75, 3.05) is 0 Å². The summed E-state index contributed by atoms with van der Waals surface area (Å²) >= 11 is 0. The molecule has 0 saturated carbocycles. The lowest BCUT2D eigenvalue weighted by Gasteiger charge is -2.10. The third kappa shape index (κ3) is 3.03. The van der Waals surface area contributed by atoms with Crippen LogP contribution < -0.4 is 0 Å². The molecular weight excluding hydrogens is 304 g/mol. The SMILES string of the molecule is O=C(O)c1ccc(-c2ccccc2-c2ccc(C(=O)O)cc2)cc1. The van der Waals surface area contributed by atoms with Gasteiger partial charge in [0, 0.05) is 0 Å². The second-order valence-electron chi connectivity index (χ2n) is 5.31. The first kappa shape index (κ1) is 15.5. The maximum Gasteiger partial charge on any atom is 0.335 e. The molecule has 0 fully saturated rings. The second kappa shape index (κ2) is 6.38. The molecule has 24 heavy (non-hydrogen) atoms. The Kier molecular flexibility index (Phi) is 4.12. The maximum atomic E-state index is 11.0. The van der Waals surface area contributed by atoms with Gasteiger partial charge in [0.1, 0.15) is 0 Å². The summed E-state index contributed by atoms with van der Waals surface area (Å²) < 4.78 is 0.